The number of hydrogen-bond acceptors (Lipinski definition) is 5. The number of ether oxygens (including phenoxy) is 1. The molecule has 1 atom stereocenters. The second-order valence-corrected chi connectivity index (χ2v) is 8.35. The summed E-state index contributed by atoms with van der Waals surface area (Å²) < 4.78 is 5.17. The average molecular weight is 503 g/mol. The molecule has 0 bridgehead atoms. The summed E-state index contributed by atoms with van der Waals surface area (Å²) >= 11 is 12.4. The summed E-state index contributed by atoms with van der Waals surface area (Å²) in [7, 11) is 0. The quantitative estimate of drug-likeness (QED) is 0.298. The number of aliphatic imine (C=N–C) groups is 1. The summed E-state index contributed by atoms with van der Waals surface area (Å²) in [6.07, 6.45) is 6.63. The summed E-state index contributed by atoms with van der Waals surface area (Å²) in [6.45, 7) is 2.76. The number of rotatable bonds is 10. The Balaban J connectivity index is 1.71. The Labute approximate surface area is 209 Å². The molecule has 0 aliphatic rings. The van der Waals surface area contributed by atoms with E-state index in [1.54, 1.807) is 31.7 Å². The van der Waals surface area contributed by atoms with E-state index in [1.165, 1.54) is 4.90 Å². The molecule has 1 amide bonds. The van der Waals surface area contributed by atoms with Crippen LogP contribution in [0.3, 0.4) is 0 Å². The average Bonchev–Trinajstić information content (AvgIpc) is 3.35. The minimum atomic E-state index is -0.515. The molecule has 0 saturated heterocycles. The SMILES string of the molecule is CCOC(=O)N(CCCc1cnc[nH]1)C(N)=NCCC(c1ccc(Cl)c(Cl)c1)c1ccccn1. The van der Waals surface area contributed by atoms with Gasteiger partial charge in [-0.1, -0.05) is 35.3 Å². The van der Waals surface area contributed by atoms with Gasteiger partial charge in [-0.05, 0) is 56.0 Å². The van der Waals surface area contributed by atoms with E-state index in [2.05, 4.69) is 19.9 Å². The molecule has 180 valence electrons. The summed E-state index contributed by atoms with van der Waals surface area (Å²) in [5.41, 5.74) is 9.06. The zero-order valence-electron chi connectivity index (χ0n) is 19.0. The molecule has 0 radical (unpaired) electrons. The number of H-pyrrole nitrogens is 1. The molecule has 10 heteroatoms. The number of aryl methyl sites for hydroxylation is 1. The summed E-state index contributed by atoms with van der Waals surface area (Å²) in [4.78, 5) is 29.9. The van der Waals surface area contributed by atoms with Gasteiger partial charge in [0.05, 0.1) is 23.0 Å². The van der Waals surface area contributed by atoms with Crippen LogP contribution < -0.4 is 5.73 Å². The number of hydrogen-bond donors (Lipinski definition) is 2. The molecule has 0 fully saturated rings. The van der Waals surface area contributed by atoms with E-state index in [1.807, 2.05) is 30.3 Å². The largest absolute Gasteiger partial charge is 0.449 e. The fraction of sp³-hybridized carbons (Fsp3) is 0.333. The maximum Gasteiger partial charge on any atom is 0.416 e. The third-order valence-electron chi connectivity index (χ3n) is 5.23. The van der Waals surface area contributed by atoms with Gasteiger partial charge in [-0.2, -0.15) is 0 Å². The first kappa shape index (κ1) is 25.5. The van der Waals surface area contributed by atoms with E-state index < -0.39 is 6.09 Å². The van der Waals surface area contributed by atoms with Gasteiger partial charge in [0.2, 0.25) is 5.96 Å². The van der Waals surface area contributed by atoms with Gasteiger partial charge in [0.1, 0.15) is 0 Å². The van der Waals surface area contributed by atoms with Crippen molar-refractivity contribution in [3.8, 4) is 0 Å². The molecule has 1 unspecified atom stereocenters. The van der Waals surface area contributed by atoms with Gasteiger partial charge < -0.3 is 15.5 Å². The molecule has 0 saturated carbocycles. The number of imidazole rings is 1. The molecular weight excluding hydrogens is 475 g/mol. The molecule has 3 aromatic rings. The first-order valence-corrected chi connectivity index (χ1v) is 11.8. The third-order valence-corrected chi connectivity index (χ3v) is 5.97. The van der Waals surface area contributed by atoms with E-state index >= 15 is 0 Å². The van der Waals surface area contributed by atoms with E-state index in [0.717, 1.165) is 23.4 Å². The number of carbonyl (C=O) groups is 1. The molecule has 1 aromatic carbocycles. The van der Waals surface area contributed by atoms with Gasteiger partial charge >= 0.3 is 6.09 Å². The Hall–Kier alpha value is -3.10. The maximum atomic E-state index is 12.5. The van der Waals surface area contributed by atoms with Crippen LogP contribution >= 0.6 is 23.2 Å². The zero-order valence-corrected chi connectivity index (χ0v) is 20.5. The second-order valence-electron chi connectivity index (χ2n) is 7.54. The van der Waals surface area contributed by atoms with E-state index in [9.17, 15) is 4.79 Å². The van der Waals surface area contributed by atoms with Crippen LogP contribution in [0.5, 0.6) is 0 Å². The molecule has 0 aliphatic heterocycles. The van der Waals surface area contributed by atoms with Crippen LogP contribution in [0.2, 0.25) is 10.0 Å². The van der Waals surface area contributed by atoms with Crippen LogP contribution in [0.4, 0.5) is 4.79 Å². The lowest BCUT2D eigenvalue weighted by atomic mass is 9.92. The number of amides is 1. The minimum Gasteiger partial charge on any atom is -0.449 e. The van der Waals surface area contributed by atoms with Gasteiger partial charge in [0.25, 0.3) is 0 Å². The maximum absolute atomic E-state index is 12.5. The Kier molecular flexibility index (Phi) is 9.73. The van der Waals surface area contributed by atoms with Crippen LogP contribution in [0.1, 0.15) is 42.6 Å². The van der Waals surface area contributed by atoms with Crippen LogP contribution in [-0.2, 0) is 11.2 Å². The fourth-order valence-corrected chi connectivity index (χ4v) is 3.85. The van der Waals surface area contributed by atoms with Crippen molar-refractivity contribution in [3.63, 3.8) is 0 Å². The molecule has 0 spiro atoms. The van der Waals surface area contributed by atoms with Crippen molar-refractivity contribution in [1.82, 2.24) is 19.9 Å². The second kappa shape index (κ2) is 13.0. The molecule has 34 heavy (non-hydrogen) atoms. The summed E-state index contributed by atoms with van der Waals surface area (Å²) in [5, 5.41) is 0.974. The number of pyridine rings is 1. The summed E-state index contributed by atoms with van der Waals surface area (Å²) in [6, 6.07) is 11.3. The number of carbonyl (C=O) groups excluding carboxylic acids is 1. The predicted molar refractivity (Wildman–Crippen MR) is 134 cm³/mol. The van der Waals surface area contributed by atoms with Gasteiger partial charge in [-0.25, -0.2) is 14.7 Å². The molecular formula is C24H28Cl2N6O2. The van der Waals surface area contributed by atoms with E-state index in [4.69, 9.17) is 33.7 Å². The van der Waals surface area contributed by atoms with Crippen molar-refractivity contribution in [2.45, 2.75) is 32.1 Å². The number of aromatic nitrogens is 3. The molecule has 3 N–H and O–H groups in total. The van der Waals surface area contributed by atoms with Crippen molar-refractivity contribution < 1.29 is 9.53 Å². The highest BCUT2D eigenvalue weighted by Gasteiger charge is 2.20. The molecule has 8 nitrogen and oxygen atoms in total. The predicted octanol–water partition coefficient (Wildman–Crippen LogP) is 5.04. The lowest BCUT2D eigenvalue weighted by molar-refractivity contribution is 0.127. The van der Waals surface area contributed by atoms with Crippen molar-refractivity contribution >= 4 is 35.3 Å². The standard InChI is InChI=1S/C24H28Cl2N6O2/c1-2-34-24(33)32(13-5-6-18-15-28-16-31-18)23(27)30-12-10-19(22-7-3-4-11-29-22)17-8-9-20(25)21(26)14-17/h3-4,7-9,11,14-16,19H,2,5-6,10,12-13H2,1H3,(H2,27,30)(H,28,31). The van der Waals surface area contributed by atoms with E-state index in [-0.39, 0.29) is 18.5 Å². The van der Waals surface area contributed by atoms with Gasteiger partial charge in [-0.15, -0.1) is 0 Å². The summed E-state index contributed by atoms with van der Waals surface area (Å²) in [5.74, 6) is 0.0564. The highest BCUT2D eigenvalue weighted by Crippen LogP contribution is 2.31. The van der Waals surface area contributed by atoms with Crippen molar-refractivity contribution in [3.05, 3.63) is 82.1 Å². The van der Waals surface area contributed by atoms with Gasteiger partial charge in [0, 0.05) is 42.8 Å². The van der Waals surface area contributed by atoms with Crippen LogP contribution in [0.15, 0.2) is 60.1 Å². The van der Waals surface area contributed by atoms with E-state index in [0.29, 0.717) is 36.0 Å². The number of nitrogens with zero attached hydrogens (tertiary/aromatic N) is 4. The van der Waals surface area contributed by atoms with Gasteiger partial charge in [0.15, 0.2) is 0 Å². The number of nitrogens with two attached hydrogens (primary N) is 1. The third kappa shape index (κ3) is 7.20. The van der Waals surface area contributed by atoms with Crippen LogP contribution in [0, 0.1) is 0 Å². The first-order valence-electron chi connectivity index (χ1n) is 11.1. The van der Waals surface area contributed by atoms with Crippen molar-refractivity contribution in [2.24, 2.45) is 10.7 Å². The fourth-order valence-electron chi connectivity index (χ4n) is 3.54. The highest BCUT2D eigenvalue weighted by atomic mass is 35.5. The topological polar surface area (TPSA) is 109 Å². The molecule has 2 heterocycles. The van der Waals surface area contributed by atoms with Crippen LogP contribution in [-0.4, -0.2) is 51.6 Å². The van der Waals surface area contributed by atoms with Crippen molar-refractivity contribution in [2.75, 3.05) is 19.7 Å². The lowest BCUT2D eigenvalue weighted by Gasteiger charge is -2.21. The Morgan fingerprint density at radius 2 is 2.12 bits per heavy atom. The molecule has 2 aromatic heterocycles. The zero-order chi connectivity index (χ0) is 24.3. The van der Waals surface area contributed by atoms with Gasteiger partial charge in [-0.3, -0.25) is 9.98 Å². The molecule has 0 aliphatic carbocycles. The Morgan fingerprint density at radius 1 is 1.26 bits per heavy atom. The number of halogens is 2. The number of benzene rings is 1. The highest BCUT2D eigenvalue weighted by molar-refractivity contribution is 6.42. The molecule has 3 rings (SSSR count). The smallest absolute Gasteiger partial charge is 0.416 e. The number of nitrogens with one attached hydrogen (secondary N) is 1. The monoisotopic (exact) mass is 502 g/mol. The lowest BCUT2D eigenvalue weighted by Crippen LogP contribution is -2.43. The number of aromatic amines is 1. The Morgan fingerprint density at radius 3 is 2.79 bits per heavy atom. The number of guanidine groups is 1. The van der Waals surface area contributed by atoms with Crippen LogP contribution in [0.25, 0.3) is 0 Å². The normalized spacial score (nSPS) is 12.4. The Bertz CT molecular complexity index is 1080. The minimum absolute atomic E-state index is 0.0658. The van der Waals surface area contributed by atoms with Crippen molar-refractivity contribution in [1.29, 1.82) is 0 Å². The first-order chi connectivity index (χ1) is 16.5.